The highest BCUT2D eigenvalue weighted by Crippen LogP contribution is 2.07. The maximum absolute atomic E-state index is 11.1. The van der Waals surface area contributed by atoms with E-state index >= 15 is 0 Å². The molecule has 0 fully saturated rings. The third kappa shape index (κ3) is 4.65. The minimum Gasteiger partial charge on any atom is -0.366 e. The van der Waals surface area contributed by atoms with E-state index < -0.39 is 5.91 Å². The molecule has 0 aliphatic heterocycles. The van der Waals surface area contributed by atoms with Crippen molar-refractivity contribution in [3.63, 3.8) is 0 Å². The standard InChI is InChI=1S/C12H17N3O2/c1-9(16)15-7-6-14-8-10-4-2-3-5-11(10)12(13)17/h2-5,14H,6-8H2,1H3,(H2,13,17)(H,15,16). The number of primary amides is 1. The van der Waals surface area contributed by atoms with Crippen LogP contribution < -0.4 is 16.4 Å². The van der Waals surface area contributed by atoms with E-state index in [0.29, 0.717) is 25.2 Å². The number of carbonyl (C=O) groups is 2. The van der Waals surface area contributed by atoms with E-state index in [1.54, 1.807) is 12.1 Å². The van der Waals surface area contributed by atoms with Crippen molar-refractivity contribution in [2.24, 2.45) is 5.73 Å². The summed E-state index contributed by atoms with van der Waals surface area (Å²) < 4.78 is 0. The highest BCUT2D eigenvalue weighted by molar-refractivity contribution is 5.94. The van der Waals surface area contributed by atoms with E-state index in [1.165, 1.54) is 6.92 Å². The number of hydrogen-bond donors (Lipinski definition) is 3. The van der Waals surface area contributed by atoms with Crippen molar-refractivity contribution in [3.05, 3.63) is 35.4 Å². The Morgan fingerprint density at radius 3 is 2.59 bits per heavy atom. The summed E-state index contributed by atoms with van der Waals surface area (Å²) in [5.41, 5.74) is 6.65. The molecular formula is C12H17N3O2. The SMILES string of the molecule is CC(=O)NCCNCc1ccccc1C(N)=O. The van der Waals surface area contributed by atoms with Gasteiger partial charge in [0.15, 0.2) is 0 Å². The maximum atomic E-state index is 11.1. The first-order valence-electron chi connectivity index (χ1n) is 5.44. The van der Waals surface area contributed by atoms with Crippen LogP contribution in [0.5, 0.6) is 0 Å². The quantitative estimate of drug-likeness (QED) is 0.607. The minimum atomic E-state index is -0.427. The highest BCUT2D eigenvalue weighted by Gasteiger charge is 2.05. The second kappa shape index (κ2) is 6.65. The van der Waals surface area contributed by atoms with Crippen molar-refractivity contribution in [2.75, 3.05) is 13.1 Å². The second-order valence-electron chi connectivity index (χ2n) is 3.68. The Labute approximate surface area is 100 Å². The van der Waals surface area contributed by atoms with Gasteiger partial charge >= 0.3 is 0 Å². The van der Waals surface area contributed by atoms with Gasteiger partial charge in [0, 0.05) is 32.1 Å². The number of benzene rings is 1. The fourth-order valence-corrected chi connectivity index (χ4v) is 1.46. The van der Waals surface area contributed by atoms with Gasteiger partial charge in [0.2, 0.25) is 11.8 Å². The normalized spacial score (nSPS) is 9.94. The lowest BCUT2D eigenvalue weighted by atomic mass is 10.1. The Hall–Kier alpha value is -1.88. The van der Waals surface area contributed by atoms with Gasteiger partial charge in [0.25, 0.3) is 0 Å². The van der Waals surface area contributed by atoms with E-state index in [2.05, 4.69) is 10.6 Å². The molecule has 5 heteroatoms. The summed E-state index contributed by atoms with van der Waals surface area (Å²) in [6, 6.07) is 7.19. The van der Waals surface area contributed by atoms with Gasteiger partial charge in [0.05, 0.1) is 0 Å². The van der Waals surface area contributed by atoms with Gasteiger partial charge in [0.1, 0.15) is 0 Å². The Kier molecular flexibility index (Phi) is 5.16. The zero-order valence-corrected chi connectivity index (χ0v) is 9.82. The number of nitrogens with one attached hydrogen (secondary N) is 2. The van der Waals surface area contributed by atoms with Gasteiger partial charge in [-0.05, 0) is 11.6 Å². The van der Waals surface area contributed by atoms with Gasteiger partial charge in [-0.3, -0.25) is 9.59 Å². The molecule has 0 bridgehead atoms. The first-order valence-corrected chi connectivity index (χ1v) is 5.44. The van der Waals surface area contributed by atoms with Crippen LogP contribution in [0.25, 0.3) is 0 Å². The molecule has 1 aromatic rings. The third-order valence-electron chi connectivity index (χ3n) is 2.27. The molecule has 1 rings (SSSR count). The fraction of sp³-hybridized carbons (Fsp3) is 0.333. The summed E-state index contributed by atoms with van der Waals surface area (Å²) in [6.45, 7) is 3.24. The van der Waals surface area contributed by atoms with E-state index in [4.69, 9.17) is 5.73 Å². The van der Waals surface area contributed by atoms with E-state index in [-0.39, 0.29) is 5.91 Å². The summed E-state index contributed by atoms with van der Waals surface area (Å²) in [5, 5.41) is 5.81. The zero-order valence-electron chi connectivity index (χ0n) is 9.82. The highest BCUT2D eigenvalue weighted by atomic mass is 16.1. The largest absolute Gasteiger partial charge is 0.366 e. The molecule has 0 aliphatic carbocycles. The molecule has 0 saturated heterocycles. The smallest absolute Gasteiger partial charge is 0.249 e. The molecule has 0 atom stereocenters. The molecular weight excluding hydrogens is 218 g/mol. The zero-order chi connectivity index (χ0) is 12.7. The van der Waals surface area contributed by atoms with Gasteiger partial charge in [-0.1, -0.05) is 18.2 Å². The van der Waals surface area contributed by atoms with E-state index in [9.17, 15) is 9.59 Å². The van der Waals surface area contributed by atoms with Crippen molar-refractivity contribution in [1.29, 1.82) is 0 Å². The van der Waals surface area contributed by atoms with Crippen LogP contribution in [-0.4, -0.2) is 24.9 Å². The molecule has 92 valence electrons. The lowest BCUT2D eigenvalue weighted by Crippen LogP contribution is -2.30. The van der Waals surface area contributed by atoms with Gasteiger partial charge in [-0.25, -0.2) is 0 Å². The predicted octanol–water partition coefficient (Wildman–Crippen LogP) is 0.0112. The number of carbonyl (C=O) groups excluding carboxylic acids is 2. The molecule has 0 spiro atoms. The van der Waals surface area contributed by atoms with Crippen LogP contribution in [0.15, 0.2) is 24.3 Å². The molecule has 0 aliphatic rings. The van der Waals surface area contributed by atoms with Crippen molar-refractivity contribution >= 4 is 11.8 Å². The third-order valence-corrected chi connectivity index (χ3v) is 2.27. The average Bonchev–Trinajstić information content (AvgIpc) is 2.28. The van der Waals surface area contributed by atoms with Crippen LogP contribution in [0.3, 0.4) is 0 Å². The Balaban J connectivity index is 2.41. The maximum Gasteiger partial charge on any atom is 0.249 e. The van der Waals surface area contributed by atoms with Crippen molar-refractivity contribution in [2.45, 2.75) is 13.5 Å². The monoisotopic (exact) mass is 235 g/mol. The molecule has 5 nitrogen and oxygen atoms in total. The molecule has 0 unspecified atom stereocenters. The molecule has 1 aromatic carbocycles. The van der Waals surface area contributed by atoms with Gasteiger partial charge in [-0.15, -0.1) is 0 Å². The number of hydrogen-bond acceptors (Lipinski definition) is 3. The van der Waals surface area contributed by atoms with Gasteiger partial charge < -0.3 is 16.4 Å². The molecule has 0 radical (unpaired) electrons. The fourth-order valence-electron chi connectivity index (χ4n) is 1.46. The number of rotatable bonds is 6. The average molecular weight is 235 g/mol. The minimum absolute atomic E-state index is 0.0515. The lowest BCUT2D eigenvalue weighted by Gasteiger charge is -2.08. The van der Waals surface area contributed by atoms with E-state index in [0.717, 1.165) is 5.56 Å². The van der Waals surface area contributed by atoms with Crippen LogP contribution in [-0.2, 0) is 11.3 Å². The van der Waals surface area contributed by atoms with Crippen LogP contribution >= 0.6 is 0 Å². The summed E-state index contributed by atoms with van der Waals surface area (Å²) in [4.78, 5) is 21.8. The molecule has 0 saturated carbocycles. The van der Waals surface area contributed by atoms with Crippen LogP contribution in [0, 0.1) is 0 Å². The van der Waals surface area contributed by atoms with Crippen LogP contribution in [0.1, 0.15) is 22.8 Å². The van der Waals surface area contributed by atoms with Crippen molar-refractivity contribution in [3.8, 4) is 0 Å². The number of nitrogens with two attached hydrogens (primary N) is 1. The lowest BCUT2D eigenvalue weighted by molar-refractivity contribution is -0.118. The summed E-state index contributed by atoms with van der Waals surface area (Å²) >= 11 is 0. The van der Waals surface area contributed by atoms with Crippen LogP contribution in [0.2, 0.25) is 0 Å². The topological polar surface area (TPSA) is 84.2 Å². The van der Waals surface area contributed by atoms with Crippen LogP contribution in [0.4, 0.5) is 0 Å². The summed E-state index contributed by atoms with van der Waals surface area (Å²) in [7, 11) is 0. The molecule has 17 heavy (non-hydrogen) atoms. The second-order valence-corrected chi connectivity index (χ2v) is 3.68. The molecule has 0 heterocycles. The molecule has 0 aromatic heterocycles. The van der Waals surface area contributed by atoms with Crippen molar-refractivity contribution < 1.29 is 9.59 Å². The Morgan fingerprint density at radius 1 is 1.24 bits per heavy atom. The first-order chi connectivity index (χ1) is 8.11. The molecule has 4 N–H and O–H groups in total. The Bertz CT molecular complexity index is 404. The summed E-state index contributed by atoms with van der Waals surface area (Å²) in [5.74, 6) is -0.478. The van der Waals surface area contributed by atoms with Crippen molar-refractivity contribution in [1.82, 2.24) is 10.6 Å². The predicted molar refractivity (Wildman–Crippen MR) is 65.4 cm³/mol. The summed E-state index contributed by atoms with van der Waals surface area (Å²) in [6.07, 6.45) is 0. The van der Waals surface area contributed by atoms with Gasteiger partial charge in [-0.2, -0.15) is 0 Å². The first kappa shape index (κ1) is 13.2. The number of amides is 2. The molecule has 2 amide bonds. The Morgan fingerprint density at radius 2 is 1.94 bits per heavy atom. The van der Waals surface area contributed by atoms with E-state index in [1.807, 2.05) is 12.1 Å².